The van der Waals surface area contributed by atoms with E-state index in [0.717, 1.165) is 38.6 Å². The molecule has 0 radical (unpaired) electrons. The number of carbonyl (C=O) groups is 2. The molecule has 1 aromatic carbocycles. The second-order valence-corrected chi connectivity index (χ2v) is 11.3. The minimum Gasteiger partial charge on any atom is -0.496 e. The van der Waals surface area contributed by atoms with Gasteiger partial charge in [-0.3, -0.25) is 4.79 Å². The van der Waals surface area contributed by atoms with Gasteiger partial charge in [0.25, 0.3) is 0 Å². The largest absolute Gasteiger partial charge is 0.496 e. The summed E-state index contributed by atoms with van der Waals surface area (Å²) in [5, 5.41) is 19.4. The SMILES string of the molecule is C=C[C@@H]1C[C@]1(NC(=O)[C@@H]1C[C@@H](Oc2cc(-c3nc(C4CC4)cs3)nc3c(C)c(OC)ccc23)CN1)C(=O)O.Cl.Cl. The van der Waals surface area contributed by atoms with Crippen LogP contribution >= 0.6 is 36.2 Å². The number of nitrogens with one attached hydrogen (secondary N) is 2. The lowest BCUT2D eigenvalue weighted by atomic mass is 10.1. The zero-order valence-corrected chi connectivity index (χ0v) is 24.6. The number of pyridine rings is 1. The first kappa shape index (κ1) is 30.0. The number of nitrogens with zero attached hydrogens (tertiary/aromatic N) is 2. The fourth-order valence-electron chi connectivity index (χ4n) is 5.27. The quantitative estimate of drug-likeness (QED) is 0.301. The molecule has 2 saturated carbocycles. The Kier molecular flexibility index (Phi) is 8.65. The van der Waals surface area contributed by atoms with Gasteiger partial charge in [-0.2, -0.15) is 0 Å². The van der Waals surface area contributed by atoms with E-state index in [4.69, 9.17) is 19.4 Å². The van der Waals surface area contributed by atoms with Crippen LogP contribution in [-0.2, 0) is 9.59 Å². The van der Waals surface area contributed by atoms with Crippen LogP contribution in [0.2, 0.25) is 0 Å². The molecule has 0 unspecified atom stereocenters. The van der Waals surface area contributed by atoms with Crippen LogP contribution in [0.3, 0.4) is 0 Å². The summed E-state index contributed by atoms with van der Waals surface area (Å²) in [6.45, 7) is 6.12. The number of carbonyl (C=O) groups excluding carboxylic acids is 1. The first-order valence-electron chi connectivity index (χ1n) is 12.8. The average molecular weight is 608 g/mol. The monoisotopic (exact) mass is 606 g/mol. The Morgan fingerprint density at radius 1 is 1.25 bits per heavy atom. The summed E-state index contributed by atoms with van der Waals surface area (Å²) in [4.78, 5) is 34.5. The molecule has 40 heavy (non-hydrogen) atoms. The molecule has 4 atom stereocenters. The summed E-state index contributed by atoms with van der Waals surface area (Å²) in [6, 6.07) is 5.23. The molecule has 1 aliphatic heterocycles. The number of benzene rings is 1. The van der Waals surface area contributed by atoms with Crippen molar-refractivity contribution in [1.29, 1.82) is 0 Å². The number of halogens is 2. The first-order valence-corrected chi connectivity index (χ1v) is 13.7. The predicted molar refractivity (Wildman–Crippen MR) is 158 cm³/mol. The van der Waals surface area contributed by atoms with E-state index in [0.29, 0.717) is 31.1 Å². The van der Waals surface area contributed by atoms with Gasteiger partial charge in [-0.1, -0.05) is 6.08 Å². The molecule has 2 aromatic heterocycles. The zero-order chi connectivity index (χ0) is 26.6. The number of amides is 1. The van der Waals surface area contributed by atoms with Crippen molar-refractivity contribution in [1.82, 2.24) is 20.6 Å². The lowest BCUT2D eigenvalue weighted by molar-refractivity contribution is -0.143. The highest BCUT2D eigenvalue weighted by molar-refractivity contribution is 7.13. The van der Waals surface area contributed by atoms with E-state index in [1.807, 2.05) is 25.1 Å². The van der Waals surface area contributed by atoms with Gasteiger partial charge in [0.15, 0.2) is 0 Å². The smallest absolute Gasteiger partial charge is 0.330 e. The van der Waals surface area contributed by atoms with Gasteiger partial charge >= 0.3 is 5.97 Å². The molecule has 0 spiro atoms. The lowest BCUT2D eigenvalue weighted by Crippen LogP contribution is -2.51. The van der Waals surface area contributed by atoms with Crippen LogP contribution in [0, 0.1) is 12.8 Å². The molecule has 6 rings (SSSR count). The molecule has 12 heteroatoms. The Morgan fingerprint density at radius 3 is 2.67 bits per heavy atom. The molecule has 3 fully saturated rings. The molecule has 3 N–H and O–H groups in total. The number of carboxylic acids is 1. The minimum atomic E-state index is -1.25. The third-order valence-electron chi connectivity index (χ3n) is 7.83. The van der Waals surface area contributed by atoms with Crippen LogP contribution in [0.1, 0.15) is 42.9 Å². The van der Waals surface area contributed by atoms with Crippen molar-refractivity contribution in [3.8, 4) is 22.2 Å². The van der Waals surface area contributed by atoms with Gasteiger partial charge in [0.1, 0.15) is 33.8 Å². The van der Waals surface area contributed by atoms with Crippen molar-refractivity contribution >= 4 is 58.9 Å². The number of methoxy groups -OCH3 is 1. The van der Waals surface area contributed by atoms with Gasteiger partial charge < -0.3 is 25.2 Å². The fourth-order valence-corrected chi connectivity index (χ4v) is 6.13. The topological polar surface area (TPSA) is 123 Å². The first-order chi connectivity index (χ1) is 18.3. The molecular formula is C28H32Cl2N4O5S. The minimum absolute atomic E-state index is 0. The predicted octanol–water partition coefficient (Wildman–Crippen LogP) is 4.65. The van der Waals surface area contributed by atoms with Crippen LogP contribution in [-0.4, -0.2) is 58.3 Å². The van der Waals surface area contributed by atoms with E-state index in [-0.39, 0.29) is 42.7 Å². The second-order valence-electron chi connectivity index (χ2n) is 10.4. The number of aromatic nitrogens is 2. The van der Waals surface area contributed by atoms with E-state index in [1.54, 1.807) is 24.5 Å². The third kappa shape index (κ3) is 5.37. The molecule has 1 amide bonds. The standard InChI is InChI=1S/C28H30N4O5S.2ClH/c1-4-16-11-28(16,27(34)35)32-25(33)19-9-17(12-29-19)37-23-10-20(26-31-21(13-38-26)15-5-6-15)30-24-14(2)22(36-3)8-7-18(23)24;;/h4,7-8,10,13,15-17,19,29H,1,5-6,9,11-12H2,2-3H3,(H,32,33)(H,34,35);2*1H/t16-,17-,19+,28-;;/m1../s1. The Hall–Kier alpha value is -2.92. The lowest BCUT2D eigenvalue weighted by Gasteiger charge is -2.18. The summed E-state index contributed by atoms with van der Waals surface area (Å²) in [7, 11) is 1.64. The Morgan fingerprint density at radius 2 is 2.02 bits per heavy atom. The van der Waals surface area contributed by atoms with Crippen molar-refractivity contribution in [3.05, 3.63) is 47.5 Å². The third-order valence-corrected chi connectivity index (χ3v) is 8.71. The number of thiazole rings is 1. The maximum Gasteiger partial charge on any atom is 0.330 e. The number of ether oxygens (including phenoxy) is 2. The Bertz CT molecular complexity index is 1460. The van der Waals surface area contributed by atoms with Crippen molar-refractivity contribution in [3.63, 3.8) is 0 Å². The van der Waals surface area contributed by atoms with E-state index >= 15 is 0 Å². The highest BCUT2D eigenvalue weighted by Gasteiger charge is 2.60. The van der Waals surface area contributed by atoms with Gasteiger partial charge in [-0.05, 0) is 38.3 Å². The van der Waals surface area contributed by atoms with Gasteiger partial charge in [0, 0.05) is 47.2 Å². The fraction of sp³-hybridized carbons (Fsp3) is 0.429. The normalized spacial score (nSPS) is 24.9. The van der Waals surface area contributed by atoms with Crippen molar-refractivity contribution in [2.24, 2.45) is 5.92 Å². The van der Waals surface area contributed by atoms with Crippen molar-refractivity contribution < 1.29 is 24.2 Å². The molecule has 3 aromatic rings. The van der Waals surface area contributed by atoms with Gasteiger partial charge in [-0.15, -0.1) is 42.7 Å². The summed E-state index contributed by atoms with van der Waals surface area (Å²) in [5.74, 6) is 0.348. The molecule has 3 aliphatic rings. The molecule has 2 aliphatic carbocycles. The molecule has 9 nitrogen and oxygen atoms in total. The van der Waals surface area contributed by atoms with Crippen LogP contribution < -0.4 is 20.1 Å². The van der Waals surface area contributed by atoms with Gasteiger partial charge in [-0.25, -0.2) is 14.8 Å². The van der Waals surface area contributed by atoms with Crippen LogP contribution in [0.5, 0.6) is 11.5 Å². The number of aliphatic carboxylic acids is 1. The number of hydrogen-bond acceptors (Lipinski definition) is 8. The van der Waals surface area contributed by atoms with Gasteiger partial charge in [0.2, 0.25) is 5.91 Å². The summed E-state index contributed by atoms with van der Waals surface area (Å²) < 4.78 is 12.0. The molecule has 3 heterocycles. The molecule has 1 saturated heterocycles. The van der Waals surface area contributed by atoms with E-state index in [2.05, 4.69) is 22.6 Å². The molecule has 0 bridgehead atoms. The summed E-state index contributed by atoms with van der Waals surface area (Å²) in [6.07, 6.45) is 4.45. The summed E-state index contributed by atoms with van der Waals surface area (Å²) in [5.41, 5.74) is 2.32. The number of carboxylic acid groups (broad SMARTS) is 1. The zero-order valence-electron chi connectivity index (χ0n) is 22.1. The van der Waals surface area contributed by atoms with E-state index in [9.17, 15) is 14.7 Å². The van der Waals surface area contributed by atoms with Crippen molar-refractivity contribution in [2.75, 3.05) is 13.7 Å². The highest BCUT2D eigenvalue weighted by atomic mass is 35.5. The van der Waals surface area contributed by atoms with Crippen LogP contribution in [0.15, 0.2) is 36.2 Å². The van der Waals surface area contributed by atoms with E-state index in [1.165, 1.54) is 12.8 Å². The van der Waals surface area contributed by atoms with Crippen LogP contribution in [0.25, 0.3) is 21.6 Å². The Balaban J connectivity index is 0.00000185. The number of aryl methyl sites for hydroxylation is 1. The average Bonchev–Trinajstić information content (AvgIpc) is 3.77. The molecular weight excluding hydrogens is 575 g/mol. The molecule has 214 valence electrons. The Labute approximate surface area is 248 Å². The van der Waals surface area contributed by atoms with Gasteiger partial charge in [0.05, 0.1) is 24.4 Å². The number of rotatable bonds is 9. The van der Waals surface area contributed by atoms with E-state index < -0.39 is 17.6 Å². The van der Waals surface area contributed by atoms with Crippen LogP contribution in [0.4, 0.5) is 0 Å². The maximum atomic E-state index is 12.9. The number of hydrogen-bond donors (Lipinski definition) is 3. The number of fused-ring (bicyclic) bond motifs is 1. The highest BCUT2D eigenvalue weighted by Crippen LogP contribution is 2.45. The summed E-state index contributed by atoms with van der Waals surface area (Å²) >= 11 is 1.59. The second kappa shape index (κ2) is 11.5. The maximum absolute atomic E-state index is 12.9. The van der Waals surface area contributed by atoms with Crippen molar-refractivity contribution in [2.45, 2.75) is 56.2 Å².